The standard InChI is InChI=1S/C15H17N3O3/c1-3-11-8-18(15(21)17-14(11)20)9-13(19)16-12-6-4-10(2)5-7-12/h4-8H,3,9H2,1-2H3,(H,16,19)(H,17,20,21). The fraction of sp³-hybridized carbons (Fsp3) is 0.267. The minimum absolute atomic E-state index is 0.142. The number of nitrogens with zero attached hydrogens (tertiary/aromatic N) is 1. The van der Waals surface area contributed by atoms with E-state index in [0.717, 1.165) is 5.56 Å². The molecule has 110 valence electrons. The number of carbonyl (C=O) groups is 1. The highest BCUT2D eigenvalue weighted by molar-refractivity contribution is 5.90. The molecule has 0 radical (unpaired) electrons. The first-order chi connectivity index (χ1) is 9.99. The Bertz CT molecular complexity index is 757. The van der Waals surface area contributed by atoms with E-state index in [4.69, 9.17) is 0 Å². The molecule has 0 aliphatic carbocycles. The monoisotopic (exact) mass is 287 g/mol. The van der Waals surface area contributed by atoms with Crippen LogP contribution in [-0.4, -0.2) is 15.5 Å². The molecule has 0 saturated heterocycles. The first kappa shape index (κ1) is 14.8. The molecule has 0 unspecified atom stereocenters. The second kappa shape index (κ2) is 6.21. The van der Waals surface area contributed by atoms with Gasteiger partial charge in [0.25, 0.3) is 5.56 Å². The van der Waals surface area contributed by atoms with Gasteiger partial charge in [0, 0.05) is 17.4 Å². The molecule has 2 rings (SSSR count). The molecule has 0 aliphatic heterocycles. The van der Waals surface area contributed by atoms with Crippen LogP contribution in [0.3, 0.4) is 0 Å². The van der Waals surface area contributed by atoms with Gasteiger partial charge in [-0.25, -0.2) is 4.79 Å². The lowest BCUT2D eigenvalue weighted by molar-refractivity contribution is -0.116. The van der Waals surface area contributed by atoms with Crippen LogP contribution in [0.2, 0.25) is 0 Å². The zero-order valence-corrected chi connectivity index (χ0v) is 12.0. The van der Waals surface area contributed by atoms with E-state index in [0.29, 0.717) is 17.7 Å². The highest BCUT2D eigenvalue weighted by atomic mass is 16.2. The number of H-pyrrole nitrogens is 1. The summed E-state index contributed by atoms with van der Waals surface area (Å²) >= 11 is 0. The second-order valence-corrected chi connectivity index (χ2v) is 4.81. The number of aryl methyl sites for hydroxylation is 2. The molecule has 6 nitrogen and oxygen atoms in total. The van der Waals surface area contributed by atoms with Crippen LogP contribution in [0, 0.1) is 6.92 Å². The molecule has 0 atom stereocenters. The van der Waals surface area contributed by atoms with Gasteiger partial charge in [-0.2, -0.15) is 0 Å². The number of rotatable bonds is 4. The molecular weight excluding hydrogens is 270 g/mol. The molecule has 0 aliphatic rings. The topological polar surface area (TPSA) is 84.0 Å². The molecule has 1 heterocycles. The first-order valence-corrected chi connectivity index (χ1v) is 6.68. The Labute approximate surface area is 121 Å². The Hall–Kier alpha value is -2.63. The zero-order valence-electron chi connectivity index (χ0n) is 12.0. The van der Waals surface area contributed by atoms with Crippen LogP contribution in [-0.2, 0) is 17.8 Å². The van der Waals surface area contributed by atoms with Crippen molar-refractivity contribution >= 4 is 11.6 Å². The van der Waals surface area contributed by atoms with E-state index in [1.165, 1.54) is 10.8 Å². The summed E-state index contributed by atoms with van der Waals surface area (Å²) in [5.41, 5.74) is 1.24. The highest BCUT2D eigenvalue weighted by Crippen LogP contribution is 2.08. The van der Waals surface area contributed by atoms with Crippen molar-refractivity contribution in [1.82, 2.24) is 9.55 Å². The number of nitrogens with one attached hydrogen (secondary N) is 2. The van der Waals surface area contributed by atoms with Crippen molar-refractivity contribution in [3.63, 3.8) is 0 Å². The minimum Gasteiger partial charge on any atom is -0.325 e. The van der Waals surface area contributed by atoms with Crippen molar-refractivity contribution in [2.75, 3.05) is 5.32 Å². The smallest absolute Gasteiger partial charge is 0.325 e. The summed E-state index contributed by atoms with van der Waals surface area (Å²) in [6.45, 7) is 3.63. The van der Waals surface area contributed by atoms with Gasteiger partial charge in [-0.3, -0.25) is 19.1 Å². The van der Waals surface area contributed by atoms with Crippen molar-refractivity contribution in [1.29, 1.82) is 0 Å². The summed E-state index contributed by atoms with van der Waals surface area (Å²) in [7, 11) is 0. The molecule has 2 aromatic rings. The van der Waals surface area contributed by atoms with Gasteiger partial charge in [0.05, 0.1) is 0 Å². The number of anilines is 1. The molecule has 6 heteroatoms. The van der Waals surface area contributed by atoms with Crippen LogP contribution in [0.1, 0.15) is 18.1 Å². The number of hydrogen-bond donors (Lipinski definition) is 2. The van der Waals surface area contributed by atoms with Crippen molar-refractivity contribution in [3.8, 4) is 0 Å². The van der Waals surface area contributed by atoms with Crippen LogP contribution in [0.25, 0.3) is 0 Å². The van der Waals surface area contributed by atoms with E-state index < -0.39 is 11.2 Å². The Morgan fingerprint density at radius 2 is 1.90 bits per heavy atom. The van der Waals surface area contributed by atoms with Gasteiger partial charge in [-0.15, -0.1) is 0 Å². The number of benzene rings is 1. The van der Waals surface area contributed by atoms with E-state index >= 15 is 0 Å². The lowest BCUT2D eigenvalue weighted by Crippen LogP contribution is -2.34. The number of amides is 1. The van der Waals surface area contributed by atoms with Crippen molar-refractivity contribution < 1.29 is 4.79 Å². The summed E-state index contributed by atoms with van der Waals surface area (Å²) in [4.78, 5) is 37.3. The van der Waals surface area contributed by atoms with Gasteiger partial charge in [0.15, 0.2) is 0 Å². The van der Waals surface area contributed by atoms with Gasteiger partial charge in [0.2, 0.25) is 5.91 Å². The Morgan fingerprint density at radius 1 is 1.24 bits per heavy atom. The molecule has 0 bridgehead atoms. The first-order valence-electron chi connectivity index (χ1n) is 6.68. The maximum Gasteiger partial charge on any atom is 0.328 e. The lowest BCUT2D eigenvalue weighted by atomic mass is 10.2. The van der Waals surface area contributed by atoms with Crippen molar-refractivity contribution in [3.05, 3.63) is 62.4 Å². The van der Waals surface area contributed by atoms with E-state index in [1.54, 1.807) is 12.1 Å². The zero-order chi connectivity index (χ0) is 15.4. The Morgan fingerprint density at radius 3 is 2.52 bits per heavy atom. The predicted molar refractivity (Wildman–Crippen MR) is 80.5 cm³/mol. The Balaban J connectivity index is 2.14. The van der Waals surface area contributed by atoms with Crippen LogP contribution < -0.4 is 16.6 Å². The van der Waals surface area contributed by atoms with Crippen molar-refractivity contribution in [2.24, 2.45) is 0 Å². The molecular formula is C15H17N3O3. The van der Waals surface area contributed by atoms with Gasteiger partial charge in [-0.05, 0) is 25.5 Å². The van der Waals surface area contributed by atoms with Crippen LogP contribution in [0.15, 0.2) is 40.1 Å². The third kappa shape index (κ3) is 3.68. The third-order valence-electron chi connectivity index (χ3n) is 3.11. The molecule has 2 N–H and O–H groups in total. The largest absolute Gasteiger partial charge is 0.328 e. The highest BCUT2D eigenvalue weighted by Gasteiger charge is 2.08. The maximum atomic E-state index is 11.9. The summed E-state index contributed by atoms with van der Waals surface area (Å²) in [5.74, 6) is -0.324. The van der Waals surface area contributed by atoms with Crippen molar-refractivity contribution in [2.45, 2.75) is 26.8 Å². The minimum atomic E-state index is -0.587. The van der Waals surface area contributed by atoms with Gasteiger partial charge in [-0.1, -0.05) is 24.6 Å². The van der Waals surface area contributed by atoms with Gasteiger partial charge < -0.3 is 5.32 Å². The second-order valence-electron chi connectivity index (χ2n) is 4.81. The fourth-order valence-corrected chi connectivity index (χ4v) is 1.92. The molecule has 1 amide bonds. The van der Waals surface area contributed by atoms with E-state index in [-0.39, 0.29) is 12.5 Å². The molecule has 0 spiro atoms. The van der Waals surface area contributed by atoms with Crippen LogP contribution >= 0.6 is 0 Å². The van der Waals surface area contributed by atoms with E-state index in [1.807, 2.05) is 26.0 Å². The molecule has 0 fully saturated rings. The Kier molecular flexibility index (Phi) is 4.37. The average molecular weight is 287 g/mol. The quantitative estimate of drug-likeness (QED) is 0.881. The summed E-state index contributed by atoms with van der Waals surface area (Å²) in [6, 6.07) is 7.36. The number of aromatic amines is 1. The predicted octanol–water partition coefficient (Wildman–Crippen LogP) is 1.05. The normalized spacial score (nSPS) is 10.4. The third-order valence-corrected chi connectivity index (χ3v) is 3.11. The average Bonchev–Trinajstić information content (AvgIpc) is 2.44. The molecule has 1 aromatic carbocycles. The molecule has 0 saturated carbocycles. The van der Waals surface area contributed by atoms with Gasteiger partial charge in [0.1, 0.15) is 6.54 Å². The number of hydrogen-bond acceptors (Lipinski definition) is 3. The van der Waals surface area contributed by atoms with Crippen LogP contribution in [0.5, 0.6) is 0 Å². The van der Waals surface area contributed by atoms with Gasteiger partial charge >= 0.3 is 5.69 Å². The van der Waals surface area contributed by atoms with E-state index in [2.05, 4.69) is 10.3 Å². The summed E-state index contributed by atoms with van der Waals surface area (Å²) < 4.78 is 1.20. The number of carbonyl (C=O) groups excluding carboxylic acids is 1. The fourth-order valence-electron chi connectivity index (χ4n) is 1.92. The summed E-state index contributed by atoms with van der Waals surface area (Å²) in [6.07, 6.45) is 1.92. The van der Waals surface area contributed by atoms with Crippen LogP contribution in [0.4, 0.5) is 5.69 Å². The molecule has 1 aromatic heterocycles. The lowest BCUT2D eigenvalue weighted by Gasteiger charge is -2.08. The van der Waals surface area contributed by atoms with E-state index in [9.17, 15) is 14.4 Å². The SMILES string of the molecule is CCc1cn(CC(=O)Nc2ccc(C)cc2)c(=O)[nH]c1=O. The molecule has 21 heavy (non-hydrogen) atoms. The summed E-state index contributed by atoms with van der Waals surface area (Å²) in [5, 5.41) is 2.71. The maximum absolute atomic E-state index is 11.9. The number of aromatic nitrogens is 2.